The number of carbonyl (C=O) groups excluding carboxylic acids is 1. The second kappa shape index (κ2) is 6.63. The summed E-state index contributed by atoms with van der Waals surface area (Å²) in [5.41, 5.74) is 5.68. The highest BCUT2D eigenvalue weighted by molar-refractivity contribution is 5.94. The van der Waals surface area contributed by atoms with Gasteiger partial charge in [0, 0.05) is 12.6 Å². The maximum atomic E-state index is 13.9. The minimum atomic E-state index is -0.630. The summed E-state index contributed by atoms with van der Waals surface area (Å²) >= 11 is 0. The fourth-order valence-corrected chi connectivity index (χ4v) is 1.65. The first kappa shape index (κ1) is 14.7. The van der Waals surface area contributed by atoms with Gasteiger partial charge in [0.05, 0.1) is 18.7 Å². The summed E-state index contributed by atoms with van der Waals surface area (Å²) in [4.78, 5) is 11.9. The average Bonchev–Trinajstić information content (AvgIpc) is 2.88. The Bertz CT molecular complexity index is 714. The zero-order valence-corrected chi connectivity index (χ0v) is 11.4. The van der Waals surface area contributed by atoms with Gasteiger partial charge in [-0.2, -0.15) is 0 Å². The van der Waals surface area contributed by atoms with E-state index in [0.717, 1.165) is 0 Å². The molecule has 0 atom stereocenters. The number of nitrogens with zero attached hydrogens (tertiary/aromatic N) is 3. The molecule has 0 fully saturated rings. The van der Waals surface area contributed by atoms with Crippen LogP contribution in [0.25, 0.3) is 0 Å². The Morgan fingerprint density at radius 1 is 1.52 bits per heavy atom. The molecule has 108 valence electrons. The van der Waals surface area contributed by atoms with Gasteiger partial charge in [0.2, 0.25) is 0 Å². The molecule has 6 nitrogen and oxygen atoms in total. The van der Waals surface area contributed by atoms with Crippen molar-refractivity contribution in [2.75, 3.05) is 6.54 Å². The minimum Gasteiger partial charge on any atom is -0.345 e. The largest absolute Gasteiger partial charge is 0.345 e. The SMILES string of the molecule is Cn1cnnc1CNC(=O)c1ccc(C#CCN)cc1F. The van der Waals surface area contributed by atoms with Gasteiger partial charge >= 0.3 is 0 Å². The summed E-state index contributed by atoms with van der Waals surface area (Å²) < 4.78 is 15.5. The van der Waals surface area contributed by atoms with Crippen LogP contribution in [0, 0.1) is 17.7 Å². The lowest BCUT2D eigenvalue weighted by Crippen LogP contribution is -2.25. The van der Waals surface area contributed by atoms with E-state index in [4.69, 9.17) is 5.73 Å². The number of nitrogens with two attached hydrogens (primary N) is 1. The molecule has 0 saturated carbocycles. The number of aryl methyl sites for hydroxylation is 1. The van der Waals surface area contributed by atoms with Crippen LogP contribution in [0.4, 0.5) is 4.39 Å². The Labute approximate surface area is 121 Å². The van der Waals surface area contributed by atoms with Crippen molar-refractivity contribution in [1.82, 2.24) is 20.1 Å². The zero-order valence-electron chi connectivity index (χ0n) is 11.4. The Morgan fingerprint density at radius 2 is 2.33 bits per heavy atom. The third kappa shape index (κ3) is 3.64. The Morgan fingerprint density at radius 3 is 2.95 bits per heavy atom. The molecular formula is C14H14FN5O. The molecule has 0 aliphatic rings. The van der Waals surface area contributed by atoms with E-state index in [1.54, 1.807) is 17.7 Å². The van der Waals surface area contributed by atoms with Crippen molar-refractivity contribution in [3.63, 3.8) is 0 Å². The molecule has 0 unspecified atom stereocenters. The molecule has 3 N–H and O–H groups in total. The number of rotatable bonds is 3. The number of nitrogens with one attached hydrogen (secondary N) is 1. The molecule has 2 rings (SSSR count). The highest BCUT2D eigenvalue weighted by atomic mass is 19.1. The van der Waals surface area contributed by atoms with Gasteiger partial charge in [0.1, 0.15) is 12.1 Å². The topological polar surface area (TPSA) is 85.8 Å². The molecule has 1 aromatic carbocycles. The minimum absolute atomic E-state index is 0.0459. The fourth-order valence-electron chi connectivity index (χ4n) is 1.65. The van der Waals surface area contributed by atoms with Crippen LogP contribution in [0.15, 0.2) is 24.5 Å². The van der Waals surface area contributed by atoms with Crippen LogP contribution in [0.2, 0.25) is 0 Å². The van der Waals surface area contributed by atoms with Crippen molar-refractivity contribution >= 4 is 5.91 Å². The van der Waals surface area contributed by atoms with E-state index in [0.29, 0.717) is 11.4 Å². The number of hydrogen-bond acceptors (Lipinski definition) is 4. The van der Waals surface area contributed by atoms with Crippen molar-refractivity contribution in [1.29, 1.82) is 0 Å². The molecule has 0 spiro atoms. The van der Waals surface area contributed by atoms with Crippen LogP contribution in [0.3, 0.4) is 0 Å². The summed E-state index contributed by atoms with van der Waals surface area (Å²) in [5, 5.41) is 10.1. The van der Waals surface area contributed by atoms with Gasteiger partial charge in [-0.05, 0) is 18.2 Å². The third-order valence-corrected chi connectivity index (χ3v) is 2.76. The van der Waals surface area contributed by atoms with Crippen molar-refractivity contribution in [3.05, 3.63) is 47.3 Å². The van der Waals surface area contributed by atoms with E-state index in [-0.39, 0.29) is 18.7 Å². The number of benzene rings is 1. The summed E-state index contributed by atoms with van der Waals surface area (Å²) in [6.07, 6.45) is 1.52. The van der Waals surface area contributed by atoms with Crippen molar-refractivity contribution in [2.45, 2.75) is 6.54 Å². The van der Waals surface area contributed by atoms with E-state index in [1.165, 1.54) is 18.5 Å². The van der Waals surface area contributed by atoms with Gasteiger partial charge in [-0.3, -0.25) is 4.79 Å². The molecule has 1 heterocycles. The standard InChI is InChI=1S/C14H14FN5O/c1-20-9-18-19-13(20)8-17-14(21)11-5-4-10(3-2-6-16)7-12(11)15/h4-5,7,9H,6,8,16H2,1H3,(H,17,21). The maximum absolute atomic E-state index is 13.9. The monoisotopic (exact) mass is 287 g/mol. The van der Waals surface area contributed by atoms with Crippen molar-refractivity contribution in [3.8, 4) is 11.8 Å². The van der Waals surface area contributed by atoms with E-state index in [1.807, 2.05) is 0 Å². The average molecular weight is 287 g/mol. The van der Waals surface area contributed by atoms with Crippen LogP contribution in [0.5, 0.6) is 0 Å². The van der Waals surface area contributed by atoms with Gasteiger partial charge < -0.3 is 15.6 Å². The van der Waals surface area contributed by atoms with E-state index < -0.39 is 11.7 Å². The van der Waals surface area contributed by atoms with E-state index >= 15 is 0 Å². The molecular weight excluding hydrogens is 273 g/mol. The van der Waals surface area contributed by atoms with Crippen LogP contribution >= 0.6 is 0 Å². The molecule has 0 saturated heterocycles. The molecule has 2 aromatic rings. The Hall–Kier alpha value is -2.72. The first-order valence-electron chi connectivity index (χ1n) is 6.21. The van der Waals surface area contributed by atoms with Crippen molar-refractivity contribution < 1.29 is 9.18 Å². The van der Waals surface area contributed by atoms with Gasteiger partial charge in [-0.25, -0.2) is 4.39 Å². The van der Waals surface area contributed by atoms with Crippen molar-refractivity contribution in [2.24, 2.45) is 12.8 Å². The van der Waals surface area contributed by atoms with Gasteiger partial charge in [0.15, 0.2) is 5.82 Å². The Balaban J connectivity index is 2.07. The molecule has 1 amide bonds. The highest BCUT2D eigenvalue weighted by Gasteiger charge is 2.12. The number of hydrogen-bond donors (Lipinski definition) is 2. The lowest BCUT2D eigenvalue weighted by molar-refractivity contribution is 0.0945. The Kier molecular flexibility index (Phi) is 4.64. The summed E-state index contributed by atoms with van der Waals surface area (Å²) in [5.74, 6) is 4.76. The smallest absolute Gasteiger partial charge is 0.254 e. The third-order valence-electron chi connectivity index (χ3n) is 2.76. The first-order chi connectivity index (χ1) is 10.1. The summed E-state index contributed by atoms with van der Waals surface area (Å²) in [6.45, 7) is 0.366. The van der Waals surface area contributed by atoms with Gasteiger partial charge in [-0.15, -0.1) is 10.2 Å². The number of halogens is 1. The van der Waals surface area contributed by atoms with Crippen LogP contribution in [0.1, 0.15) is 21.7 Å². The first-order valence-corrected chi connectivity index (χ1v) is 6.21. The number of aromatic nitrogens is 3. The maximum Gasteiger partial charge on any atom is 0.254 e. The molecule has 1 aromatic heterocycles. The normalized spacial score (nSPS) is 9.86. The quantitative estimate of drug-likeness (QED) is 0.789. The van der Waals surface area contributed by atoms with Gasteiger partial charge in [-0.1, -0.05) is 11.8 Å². The molecule has 0 radical (unpaired) electrons. The predicted molar refractivity (Wildman–Crippen MR) is 74.5 cm³/mol. The van der Waals surface area contributed by atoms with Crippen LogP contribution in [-0.4, -0.2) is 27.2 Å². The molecule has 0 bridgehead atoms. The summed E-state index contributed by atoms with van der Waals surface area (Å²) in [7, 11) is 1.76. The fraction of sp³-hybridized carbons (Fsp3) is 0.214. The lowest BCUT2D eigenvalue weighted by atomic mass is 10.1. The summed E-state index contributed by atoms with van der Waals surface area (Å²) in [6, 6.07) is 4.17. The lowest BCUT2D eigenvalue weighted by Gasteiger charge is -2.06. The van der Waals surface area contributed by atoms with Crippen LogP contribution < -0.4 is 11.1 Å². The van der Waals surface area contributed by atoms with Crippen LogP contribution in [-0.2, 0) is 13.6 Å². The number of carbonyl (C=O) groups is 1. The van der Waals surface area contributed by atoms with E-state index in [9.17, 15) is 9.18 Å². The number of amides is 1. The molecule has 21 heavy (non-hydrogen) atoms. The molecule has 0 aliphatic carbocycles. The predicted octanol–water partition coefficient (Wildman–Crippen LogP) is 0.194. The van der Waals surface area contributed by atoms with E-state index in [2.05, 4.69) is 27.4 Å². The second-order valence-corrected chi connectivity index (χ2v) is 4.24. The highest BCUT2D eigenvalue weighted by Crippen LogP contribution is 2.10. The second-order valence-electron chi connectivity index (χ2n) is 4.24. The van der Waals surface area contributed by atoms with Gasteiger partial charge in [0.25, 0.3) is 5.91 Å². The molecule has 0 aliphatic heterocycles. The molecule has 7 heteroatoms. The zero-order chi connectivity index (χ0) is 15.2.